The summed E-state index contributed by atoms with van der Waals surface area (Å²) in [6.45, 7) is 2.75. The molecule has 1 unspecified atom stereocenters. The monoisotopic (exact) mass is 454 g/mol. The van der Waals surface area contributed by atoms with Crippen LogP contribution in [0, 0.1) is 12.8 Å². The van der Waals surface area contributed by atoms with Crippen molar-refractivity contribution in [3.8, 4) is 11.4 Å². The van der Waals surface area contributed by atoms with E-state index in [1.165, 1.54) is 9.21 Å². The molecule has 32 heavy (non-hydrogen) atoms. The molecule has 1 atom stereocenters. The topological polar surface area (TPSA) is 96.6 Å². The molecule has 0 N–H and O–H groups in total. The lowest BCUT2D eigenvalue weighted by Gasteiger charge is -2.33. The lowest BCUT2D eigenvalue weighted by Crippen LogP contribution is -2.45. The summed E-state index contributed by atoms with van der Waals surface area (Å²) in [6.07, 6.45) is 1.27. The van der Waals surface area contributed by atoms with Gasteiger partial charge in [-0.05, 0) is 31.9 Å². The fraction of sp³-hybridized carbons (Fsp3) is 0.348. The van der Waals surface area contributed by atoms with Crippen LogP contribution in [0.25, 0.3) is 11.4 Å². The molecule has 1 aliphatic heterocycles. The fourth-order valence-corrected chi connectivity index (χ4v) is 5.38. The molecule has 1 aromatic heterocycles. The van der Waals surface area contributed by atoms with Gasteiger partial charge >= 0.3 is 0 Å². The number of rotatable bonds is 6. The van der Waals surface area contributed by atoms with Gasteiger partial charge in [0.25, 0.3) is 0 Å². The third-order valence-corrected chi connectivity index (χ3v) is 7.52. The van der Waals surface area contributed by atoms with Crippen LogP contribution in [0.2, 0.25) is 0 Å². The predicted octanol–water partition coefficient (Wildman–Crippen LogP) is 3.10. The summed E-state index contributed by atoms with van der Waals surface area (Å²) >= 11 is 0. The molecular formula is C23H26N4O4S. The molecular weight excluding hydrogens is 428 g/mol. The standard InChI is InChI=1S/C23H26N4O4S/c1-17-10-12-18(13-11-17)22-24-21(31-25-22)16-26(2)23(28)19-7-6-14-27(15-19)32(29,30)20-8-4-3-5-9-20/h3-5,8-13,19H,6-7,14-16H2,1-2H3. The van der Waals surface area contributed by atoms with Gasteiger partial charge in [-0.3, -0.25) is 4.79 Å². The molecule has 1 saturated heterocycles. The first-order chi connectivity index (χ1) is 15.3. The second kappa shape index (κ2) is 9.22. The molecule has 0 spiro atoms. The number of carbonyl (C=O) groups excluding carboxylic acids is 1. The zero-order valence-electron chi connectivity index (χ0n) is 18.1. The van der Waals surface area contributed by atoms with Crippen LogP contribution in [0.5, 0.6) is 0 Å². The number of carbonyl (C=O) groups is 1. The number of aromatic nitrogens is 2. The number of aryl methyl sites for hydroxylation is 1. The van der Waals surface area contributed by atoms with E-state index in [1.54, 1.807) is 37.4 Å². The maximum absolute atomic E-state index is 13.0. The summed E-state index contributed by atoms with van der Waals surface area (Å²) in [6, 6.07) is 16.1. The Balaban J connectivity index is 1.41. The van der Waals surface area contributed by atoms with Crippen molar-refractivity contribution in [2.24, 2.45) is 5.92 Å². The van der Waals surface area contributed by atoms with E-state index < -0.39 is 15.9 Å². The van der Waals surface area contributed by atoms with Crippen molar-refractivity contribution in [3.05, 3.63) is 66.1 Å². The SMILES string of the molecule is Cc1ccc(-c2noc(CN(C)C(=O)C3CCCN(S(=O)(=O)c4ccccc4)C3)n2)cc1. The van der Waals surface area contributed by atoms with E-state index in [9.17, 15) is 13.2 Å². The highest BCUT2D eigenvalue weighted by molar-refractivity contribution is 7.89. The van der Waals surface area contributed by atoms with Crippen molar-refractivity contribution in [2.75, 3.05) is 20.1 Å². The van der Waals surface area contributed by atoms with Gasteiger partial charge in [0, 0.05) is 25.7 Å². The third-order valence-electron chi connectivity index (χ3n) is 5.64. The van der Waals surface area contributed by atoms with Crippen molar-refractivity contribution in [2.45, 2.75) is 31.2 Å². The highest BCUT2D eigenvalue weighted by Crippen LogP contribution is 2.25. The molecule has 0 saturated carbocycles. The van der Waals surface area contributed by atoms with E-state index in [0.29, 0.717) is 31.1 Å². The van der Waals surface area contributed by atoms with Gasteiger partial charge in [0.1, 0.15) is 0 Å². The molecule has 2 heterocycles. The van der Waals surface area contributed by atoms with Gasteiger partial charge in [-0.15, -0.1) is 0 Å². The normalized spacial score (nSPS) is 17.2. The second-order valence-electron chi connectivity index (χ2n) is 8.09. The smallest absolute Gasteiger partial charge is 0.246 e. The third kappa shape index (κ3) is 4.73. The highest BCUT2D eigenvalue weighted by Gasteiger charge is 2.34. The number of nitrogens with zero attached hydrogens (tertiary/aromatic N) is 4. The zero-order chi connectivity index (χ0) is 22.7. The van der Waals surface area contributed by atoms with Crippen LogP contribution in [0.3, 0.4) is 0 Å². The summed E-state index contributed by atoms with van der Waals surface area (Å²) in [5.41, 5.74) is 1.98. The maximum atomic E-state index is 13.0. The fourth-order valence-electron chi connectivity index (χ4n) is 3.84. The minimum Gasteiger partial charge on any atom is -0.337 e. The summed E-state index contributed by atoms with van der Waals surface area (Å²) in [5, 5.41) is 4.01. The molecule has 8 nitrogen and oxygen atoms in total. The predicted molar refractivity (Wildman–Crippen MR) is 119 cm³/mol. The Kier molecular flexibility index (Phi) is 6.38. The van der Waals surface area contributed by atoms with Gasteiger partial charge in [-0.2, -0.15) is 9.29 Å². The van der Waals surface area contributed by atoms with Crippen LogP contribution < -0.4 is 0 Å². The van der Waals surface area contributed by atoms with E-state index >= 15 is 0 Å². The molecule has 1 fully saturated rings. The maximum Gasteiger partial charge on any atom is 0.246 e. The average Bonchev–Trinajstić information content (AvgIpc) is 3.28. The number of hydrogen-bond acceptors (Lipinski definition) is 6. The molecule has 4 rings (SSSR count). The van der Waals surface area contributed by atoms with Gasteiger partial charge in [0.05, 0.1) is 17.4 Å². The Hall–Kier alpha value is -3.04. The molecule has 3 aromatic rings. The van der Waals surface area contributed by atoms with Gasteiger partial charge in [0.2, 0.25) is 27.6 Å². The van der Waals surface area contributed by atoms with Crippen molar-refractivity contribution in [1.82, 2.24) is 19.3 Å². The van der Waals surface area contributed by atoms with Crippen molar-refractivity contribution in [1.29, 1.82) is 0 Å². The first-order valence-electron chi connectivity index (χ1n) is 10.5. The lowest BCUT2D eigenvalue weighted by molar-refractivity contribution is -0.136. The van der Waals surface area contributed by atoms with Crippen LogP contribution in [0.1, 0.15) is 24.3 Å². The quantitative estimate of drug-likeness (QED) is 0.568. The van der Waals surface area contributed by atoms with Crippen molar-refractivity contribution in [3.63, 3.8) is 0 Å². The molecule has 1 amide bonds. The second-order valence-corrected chi connectivity index (χ2v) is 10.0. The number of amides is 1. The van der Waals surface area contributed by atoms with E-state index in [4.69, 9.17) is 4.52 Å². The van der Waals surface area contributed by atoms with Crippen molar-refractivity contribution >= 4 is 15.9 Å². The van der Waals surface area contributed by atoms with Crippen LogP contribution in [-0.4, -0.2) is 53.8 Å². The molecule has 168 valence electrons. The van der Waals surface area contributed by atoms with Gasteiger partial charge in [-0.1, -0.05) is 53.2 Å². The molecule has 1 aliphatic rings. The van der Waals surface area contributed by atoms with Crippen molar-refractivity contribution < 1.29 is 17.7 Å². The van der Waals surface area contributed by atoms with Gasteiger partial charge in [-0.25, -0.2) is 8.42 Å². The largest absolute Gasteiger partial charge is 0.337 e. The summed E-state index contributed by atoms with van der Waals surface area (Å²) in [4.78, 5) is 19.2. The number of piperidine rings is 1. The van der Waals surface area contributed by atoms with Gasteiger partial charge in [0.15, 0.2) is 0 Å². The molecule has 0 bridgehead atoms. The Morgan fingerprint density at radius 3 is 2.59 bits per heavy atom. The summed E-state index contributed by atoms with van der Waals surface area (Å²) < 4.78 is 32.6. The van der Waals surface area contributed by atoms with E-state index in [2.05, 4.69) is 10.1 Å². The Morgan fingerprint density at radius 1 is 1.16 bits per heavy atom. The van der Waals surface area contributed by atoms with E-state index in [1.807, 2.05) is 31.2 Å². The van der Waals surface area contributed by atoms with E-state index in [0.717, 1.165) is 11.1 Å². The average molecular weight is 455 g/mol. The molecule has 2 aromatic carbocycles. The lowest BCUT2D eigenvalue weighted by atomic mass is 9.98. The first kappa shape index (κ1) is 22.2. The number of benzene rings is 2. The minimum absolute atomic E-state index is 0.131. The Labute approximate surface area is 187 Å². The number of sulfonamides is 1. The van der Waals surface area contributed by atoms with Crippen LogP contribution in [0.4, 0.5) is 0 Å². The van der Waals surface area contributed by atoms with Crippen LogP contribution >= 0.6 is 0 Å². The first-order valence-corrected chi connectivity index (χ1v) is 12.0. The zero-order valence-corrected chi connectivity index (χ0v) is 19.0. The van der Waals surface area contributed by atoms with Crippen LogP contribution in [-0.2, 0) is 21.4 Å². The van der Waals surface area contributed by atoms with Gasteiger partial charge < -0.3 is 9.42 Å². The Morgan fingerprint density at radius 2 is 1.88 bits per heavy atom. The molecule has 9 heteroatoms. The number of hydrogen-bond donors (Lipinski definition) is 0. The highest BCUT2D eigenvalue weighted by atomic mass is 32.2. The minimum atomic E-state index is -3.62. The summed E-state index contributed by atoms with van der Waals surface area (Å²) in [7, 11) is -1.95. The van der Waals surface area contributed by atoms with E-state index in [-0.39, 0.29) is 23.9 Å². The molecule has 0 aliphatic carbocycles. The Bertz CT molecular complexity index is 1180. The summed E-state index contributed by atoms with van der Waals surface area (Å²) in [5.74, 6) is 0.263. The molecule has 0 radical (unpaired) electrons. The van der Waals surface area contributed by atoms with Crippen LogP contribution in [0.15, 0.2) is 64.0 Å².